The Hall–Kier alpha value is -1.15. The van der Waals surface area contributed by atoms with Crippen LogP contribution in [0.4, 0.5) is 0 Å². The molecule has 2 unspecified atom stereocenters. The predicted molar refractivity (Wildman–Crippen MR) is 62.9 cm³/mol. The number of morpholine rings is 1. The van der Waals surface area contributed by atoms with Gasteiger partial charge in [-0.1, -0.05) is 0 Å². The molecule has 0 saturated carbocycles. The number of hydrogen-bond acceptors (Lipinski definition) is 5. The maximum Gasteiger partial charge on any atom is 0.321 e. The van der Waals surface area contributed by atoms with Crippen molar-refractivity contribution in [2.75, 3.05) is 26.3 Å². The van der Waals surface area contributed by atoms with E-state index in [2.05, 4.69) is 0 Å². The SMILES string of the molecule is CC(C(=O)O)S(=O)(=O)C(C)C(=O)N1CCOCC1. The minimum Gasteiger partial charge on any atom is -0.480 e. The zero-order valence-corrected chi connectivity index (χ0v) is 11.1. The van der Waals surface area contributed by atoms with Gasteiger partial charge in [-0.05, 0) is 13.8 Å². The van der Waals surface area contributed by atoms with Crippen LogP contribution in [0.5, 0.6) is 0 Å². The van der Waals surface area contributed by atoms with Crippen LogP contribution >= 0.6 is 0 Å². The van der Waals surface area contributed by atoms with Crippen LogP contribution in [0.3, 0.4) is 0 Å². The summed E-state index contributed by atoms with van der Waals surface area (Å²) in [4.78, 5) is 24.1. The molecule has 1 rings (SSSR count). The van der Waals surface area contributed by atoms with Crippen LogP contribution in [-0.4, -0.2) is 67.1 Å². The zero-order valence-electron chi connectivity index (χ0n) is 10.3. The normalized spacial score (nSPS) is 20.2. The van der Waals surface area contributed by atoms with Crippen LogP contribution in [-0.2, 0) is 24.2 Å². The van der Waals surface area contributed by atoms with Crippen LogP contribution < -0.4 is 0 Å². The van der Waals surface area contributed by atoms with Crippen molar-refractivity contribution in [1.82, 2.24) is 4.90 Å². The summed E-state index contributed by atoms with van der Waals surface area (Å²) in [5.41, 5.74) is 0. The molecule has 0 aliphatic carbocycles. The Kier molecular flexibility index (Phi) is 4.69. The molecule has 8 heteroatoms. The Balaban J connectivity index is 2.82. The van der Waals surface area contributed by atoms with Gasteiger partial charge in [0.25, 0.3) is 0 Å². The van der Waals surface area contributed by atoms with Crippen molar-refractivity contribution in [2.24, 2.45) is 0 Å². The standard InChI is InChI=1S/C10H17NO6S/c1-7(18(15,16)8(2)10(13)14)9(12)11-3-5-17-6-4-11/h7-8H,3-6H2,1-2H3,(H,13,14). The number of ether oxygens (including phenoxy) is 1. The van der Waals surface area contributed by atoms with Gasteiger partial charge in [0.2, 0.25) is 5.91 Å². The van der Waals surface area contributed by atoms with Crippen LogP contribution in [0, 0.1) is 0 Å². The number of aliphatic carboxylic acids is 1. The first-order chi connectivity index (χ1) is 8.28. The third kappa shape index (κ3) is 2.99. The Labute approximate surface area is 106 Å². The van der Waals surface area contributed by atoms with Crippen LogP contribution in [0.15, 0.2) is 0 Å². The number of rotatable bonds is 4. The molecule has 1 amide bonds. The average Bonchev–Trinajstić information content (AvgIpc) is 2.36. The van der Waals surface area contributed by atoms with Gasteiger partial charge in [0, 0.05) is 13.1 Å². The highest BCUT2D eigenvalue weighted by Gasteiger charge is 2.39. The van der Waals surface area contributed by atoms with E-state index in [1.165, 1.54) is 11.8 Å². The molecule has 7 nitrogen and oxygen atoms in total. The molecular formula is C10H17NO6S. The van der Waals surface area contributed by atoms with Gasteiger partial charge in [-0.15, -0.1) is 0 Å². The van der Waals surface area contributed by atoms with Crippen LogP contribution in [0.1, 0.15) is 13.8 Å². The molecule has 2 atom stereocenters. The fraction of sp³-hybridized carbons (Fsp3) is 0.800. The van der Waals surface area contributed by atoms with Crippen molar-refractivity contribution >= 4 is 21.7 Å². The van der Waals surface area contributed by atoms with E-state index in [1.54, 1.807) is 0 Å². The molecule has 0 radical (unpaired) electrons. The van der Waals surface area contributed by atoms with Gasteiger partial charge in [0.05, 0.1) is 13.2 Å². The van der Waals surface area contributed by atoms with Gasteiger partial charge in [-0.2, -0.15) is 0 Å². The molecule has 0 bridgehead atoms. The number of carboxylic acid groups (broad SMARTS) is 1. The quantitative estimate of drug-likeness (QED) is 0.717. The Morgan fingerprint density at radius 2 is 1.67 bits per heavy atom. The lowest BCUT2D eigenvalue weighted by molar-refractivity contribution is -0.136. The molecule has 1 heterocycles. The number of carbonyl (C=O) groups excluding carboxylic acids is 1. The van der Waals surface area contributed by atoms with Gasteiger partial charge < -0.3 is 14.7 Å². The Bertz CT molecular complexity index is 426. The fourth-order valence-corrected chi connectivity index (χ4v) is 2.95. The molecule has 0 aromatic rings. The first kappa shape index (κ1) is 14.9. The summed E-state index contributed by atoms with van der Waals surface area (Å²) >= 11 is 0. The van der Waals surface area contributed by atoms with Gasteiger partial charge in [-0.25, -0.2) is 8.42 Å². The molecular weight excluding hydrogens is 262 g/mol. The zero-order chi connectivity index (χ0) is 13.9. The van der Waals surface area contributed by atoms with Gasteiger partial charge in [0.1, 0.15) is 5.25 Å². The second-order valence-electron chi connectivity index (χ2n) is 4.15. The third-order valence-electron chi connectivity index (χ3n) is 3.00. The van der Waals surface area contributed by atoms with Crippen molar-refractivity contribution in [3.05, 3.63) is 0 Å². The highest BCUT2D eigenvalue weighted by atomic mass is 32.2. The van der Waals surface area contributed by atoms with E-state index in [1.807, 2.05) is 0 Å². The topological polar surface area (TPSA) is 101 Å². The van der Waals surface area contributed by atoms with Crippen molar-refractivity contribution < 1.29 is 27.9 Å². The molecule has 1 saturated heterocycles. The first-order valence-electron chi connectivity index (χ1n) is 5.60. The van der Waals surface area contributed by atoms with Crippen LogP contribution in [0.2, 0.25) is 0 Å². The first-order valence-corrected chi connectivity index (χ1v) is 7.21. The number of carbonyl (C=O) groups is 2. The molecule has 1 aliphatic heterocycles. The Morgan fingerprint density at radius 3 is 2.11 bits per heavy atom. The lowest BCUT2D eigenvalue weighted by Gasteiger charge is -2.29. The monoisotopic (exact) mass is 279 g/mol. The summed E-state index contributed by atoms with van der Waals surface area (Å²) < 4.78 is 28.9. The number of sulfone groups is 1. The Morgan fingerprint density at radius 1 is 1.17 bits per heavy atom. The van der Waals surface area contributed by atoms with E-state index < -0.39 is 32.2 Å². The number of hydrogen-bond donors (Lipinski definition) is 1. The molecule has 104 valence electrons. The maximum absolute atomic E-state index is 12.0. The van der Waals surface area contributed by atoms with Crippen molar-refractivity contribution in [1.29, 1.82) is 0 Å². The van der Waals surface area contributed by atoms with E-state index in [-0.39, 0.29) is 0 Å². The van der Waals surface area contributed by atoms with Gasteiger partial charge >= 0.3 is 5.97 Å². The van der Waals surface area contributed by atoms with E-state index in [0.29, 0.717) is 26.3 Å². The second kappa shape index (κ2) is 5.66. The second-order valence-corrected chi connectivity index (χ2v) is 6.74. The molecule has 0 aromatic carbocycles. The molecule has 1 N–H and O–H groups in total. The number of carboxylic acids is 1. The molecule has 18 heavy (non-hydrogen) atoms. The lowest BCUT2D eigenvalue weighted by Crippen LogP contribution is -2.49. The molecule has 0 spiro atoms. The van der Waals surface area contributed by atoms with E-state index in [9.17, 15) is 18.0 Å². The highest BCUT2D eigenvalue weighted by Crippen LogP contribution is 2.13. The largest absolute Gasteiger partial charge is 0.480 e. The number of amides is 1. The van der Waals surface area contributed by atoms with E-state index in [4.69, 9.17) is 9.84 Å². The molecule has 1 aliphatic rings. The summed E-state index contributed by atoms with van der Waals surface area (Å²) in [7, 11) is -4.02. The summed E-state index contributed by atoms with van der Waals surface area (Å²) in [6.07, 6.45) is 0. The van der Waals surface area contributed by atoms with Crippen molar-refractivity contribution in [2.45, 2.75) is 24.3 Å². The van der Waals surface area contributed by atoms with E-state index in [0.717, 1.165) is 6.92 Å². The lowest BCUT2D eigenvalue weighted by atomic mass is 10.3. The predicted octanol–water partition coefficient (Wildman–Crippen LogP) is -0.878. The minimum absolute atomic E-state index is 0.333. The average molecular weight is 279 g/mol. The van der Waals surface area contributed by atoms with Crippen molar-refractivity contribution in [3.63, 3.8) is 0 Å². The third-order valence-corrected chi connectivity index (χ3v) is 5.38. The fourth-order valence-electron chi connectivity index (χ4n) is 1.63. The number of nitrogens with zero attached hydrogens (tertiary/aromatic N) is 1. The van der Waals surface area contributed by atoms with Gasteiger partial charge in [-0.3, -0.25) is 9.59 Å². The summed E-state index contributed by atoms with van der Waals surface area (Å²) in [5, 5.41) is 5.80. The maximum atomic E-state index is 12.0. The van der Waals surface area contributed by atoms with Crippen LogP contribution in [0.25, 0.3) is 0 Å². The smallest absolute Gasteiger partial charge is 0.321 e. The summed E-state index contributed by atoms with van der Waals surface area (Å²) in [5.74, 6) is -2.01. The van der Waals surface area contributed by atoms with Crippen molar-refractivity contribution in [3.8, 4) is 0 Å². The van der Waals surface area contributed by atoms with Gasteiger partial charge in [0.15, 0.2) is 15.1 Å². The summed E-state index contributed by atoms with van der Waals surface area (Å²) in [6.45, 7) is 3.70. The van der Waals surface area contributed by atoms with E-state index >= 15 is 0 Å². The summed E-state index contributed by atoms with van der Waals surface area (Å²) in [6, 6.07) is 0. The minimum atomic E-state index is -4.02. The molecule has 1 fully saturated rings. The molecule has 0 aromatic heterocycles. The highest BCUT2D eigenvalue weighted by molar-refractivity contribution is 7.94.